The van der Waals surface area contributed by atoms with Crippen molar-refractivity contribution in [1.82, 2.24) is 15.6 Å². The van der Waals surface area contributed by atoms with Crippen LogP contribution in [0.15, 0.2) is 67.0 Å². The number of hydrogen-bond donors (Lipinski definition) is 3. The summed E-state index contributed by atoms with van der Waals surface area (Å²) < 4.78 is 0. The van der Waals surface area contributed by atoms with Gasteiger partial charge in [0.25, 0.3) is 5.91 Å². The molecule has 1 aromatic heterocycles. The molecule has 0 bridgehead atoms. The summed E-state index contributed by atoms with van der Waals surface area (Å²) in [5.74, 6) is -0.855. The molecule has 8 heteroatoms. The molecule has 0 saturated carbocycles. The fourth-order valence-corrected chi connectivity index (χ4v) is 4.05. The Labute approximate surface area is 195 Å². The van der Waals surface area contributed by atoms with Crippen LogP contribution in [0.2, 0.25) is 5.02 Å². The second kappa shape index (κ2) is 9.94. The number of nitrogens with one attached hydrogen (secondary N) is 2. The fraction of sp³-hybridized carbons (Fsp3) is 0.200. The van der Waals surface area contributed by atoms with E-state index >= 15 is 0 Å². The summed E-state index contributed by atoms with van der Waals surface area (Å²) >= 11 is 5.93. The summed E-state index contributed by atoms with van der Waals surface area (Å²) in [7, 11) is 0. The summed E-state index contributed by atoms with van der Waals surface area (Å²) in [5.41, 5.74) is 1.45. The predicted molar refractivity (Wildman–Crippen MR) is 124 cm³/mol. The number of phenols is 1. The zero-order chi connectivity index (χ0) is 23.4. The smallest absolute Gasteiger partial charge is 0.251 e. The number of nitrogens with zero attached hydrogens (tertiary/aromatic N) is 1. The van der Waals surface area contributed by atoms with Crippen LogP contribution in [0.3, 0.4) is 0 Å². The molecule has 1 amide bonds. The highest BCUT2D eigenvalue weighted by molar-refractivity contribution is 6.31. The molecule has 0 unspecified atom stereocenters. The molecular formula is C25H22ClN3O4. The number of Topliss-reactive ketones (excluding diaryl/α,β-unsaturated/α-hetero) is 1. The van der Waals surface area contributed by atoms with E-state index in [1.807, 2.05) is 0 Å². The average molecular weight is 464 g/mol. The van der Waals surface area contributed by atoms with Crippen molar-refractivity contribution in [2.24, 2.45) is 5.92 Å². The zero-order valence-corrected chi connectivity index (χ0v) is 18.4. The third kappa shape index (κ3) is 5.27. The Kier molecular flexibility index (Phi) is 6.82. The van der Waals surface area contributed by atoms with Crippen LogP contribution in [0.1, 0.15) is 43.1 Å². The molecule has 0 radical (unpaired) electrons. The number of ketones is 2. The van der Waals surface area contributed by atoms with Crippen molar-refractivity contribution in [2.75, 3.05) is 13.1 Å². The van der Waals surface area contributed by atoms with Crippen molar-refractivity contribution in [1.29, 1.82) is 0 Å². The van der Waals surface area contributed by atoms with Crippen molar-refractivity contribution in [2.45, 2.75) is 12.5 Å². The van der Waals surface area contributed by atoms with Gasteiger partial charge in [-0.15, -0.1) is 0 Å². The van der Waals surface area contributed by atoms with Crippen LogP contribution < -0.4 is 10.6 Å². The van der Waals surface area contributed by atoms with Crippen LogP contribution in [0.25, 0.3) is 0 Å². The number of phenolic OH excluding ortho intramolecular Hbond substituents is 1. The maximum atomic E-state index is 12.9. The van der Waals surface area contributed by atoms with Crippen LogP contribution in [0.5, 0.6) is 5.75 Å². The molecule has 3 N–H and O–H groups in total. The van der Waals surface area contributed by atoms with E-state index in [2.05, 4.69) is 15.6 Å². The van der Waals surface area contributed by atoms with Gasteiger partial charge in [-0.1, -0.05) is 35.9 Å². The van der Waals surface area contributed by atoms with Crippen molar-refractivity contribution < 1.29 is 19.5 Å². The molecular weight excluding hydrogens is 442 g/mol. The van der Waals surface area contributed by atoms with Crippen LogP contribution in [-0.4, -0.2) is 46.7 Å². The minimum atomic E-state index is -0.382. The first-order chi connectivity index (χ1) is 15.9. The first kappa shape index (κ1) is 22.6. The van der Waals surface area contributed by atoms with E-state index in [0.29, 0.717) is 34.8 Å². The summed E-state index contributed by atoms with van der Waals surface area (Å²) in [5, 5.41) is 16.5. The summed E-state index contributed by atoms with van der Waals surface area (Å²) in [4.78, 5) is 41.9. The first-order valence-corrected chi connectivity index (χ1v) is 10.9. The van der Waals surface area contributed by atoms with Gasteiger partial charge in [0.2, 0.25) is 0 Å². The van der Waals surface area contributed by atoms with E-state index in [9.17, 15) is 19.5 Å². The molecule has 1 aliphatic heterocycles. The number of halogens is 1. The lowest BCUT2D eigenvalue weighted by molar-refractivity contribution is 0.0902. The third-order valence-corrected chi connectivity index (χ3v) is 5.95. The minimum absolute atomic E-state index is 0.0481. The highest BCUT2D eigenvalue weighted by Gasteiger charge is 2.30. The topological polar surface area (TPSA) is 108 Å². The third-order valence-electron chi connectivity index (χ3n) is 5.72. The average Bonchev–Trinajstić information content (AvgIpc) is 3.27. The number of rotatable bonds is 7. The summed E-state index contributed by atoms with van der Waals surface area (Å²) in [6.07, 6.45) is 3.38. The number of benzene rings is 2. The van der Waals surface area contributed by atoms with Crippen LogP contribution in [0, 0.1) is 5.92 Å². The van der Waals surface area contributed by atoms with Crippen LogP contribution in [0.4, 0.5) is 0 Å². The quantitative estimate of drug-likeness (QED) is 0.464. The normalized spacial score (nSPS) is 17.5. The van der Waals surface area contributed by atoms with E-state index in [4.69, 9.17) is 11.6 Å². The van der Waals surface area contributed by atoms with Gasteiger partial charge in [0.1, 0.15) is 5.75 Å². The van der Waals surface area contributed by atoms with Gasteiger partial charge in [0.15, 0.2) is 11.6 Å². The molecule has 3 aromatic rings. The van der Waals surface area contributed by atoms with E-state index < -0.39 is 0 Å². The van der Waals surface area contributed by atoms with Gasteiger partial charge >= 0.3 is 0 Å². The van der Waals surface area contributed by atoms with Crippen LogP contribution >= 0.6 is 11.6 Å². The van der Waals surface area contributed by atoms with Crippen molar-refractivity contribution >= 4 is 29.1 Å². The molecule has 1 saturated heterocycles. The lowest BCUT2D eigenvalue weighted by Gasteiger charge is -2.19. The van der Waals surface area contributed by atoms with Crippen LogP contribution in [-0.2, 0) is 0 Å². The molecule has 2 heterocycles. The van der Waals surface area contributed by atoms with E-state index in [-0.39, 0.29) is 47.2 Å². The zero-order valence-electron chi connectivity index (χ0n) is 17.6. The van der Waals surface area contributed by atoms with Crippen molar-refractivity contribution in [3.63, 3.8) is 0 Å². The Morgan fingerprint density at radius 1 is 0.970 bits per heavy atom. The van der Waals surface area contributed by atoms with Gasteiger partial charge in [-0.25, -0.2) is 0 Å². The van der Waals surface area contributed by atoms with Crippen molar-refractivity contribution in [3.8, 4) is 5.75 Å². The van der Waals surface area contributed by atoms with E-state index in [1.165, 1.54) is 18.2 Å². The second-order valence-corrected chi connectivity index (χ2v) is 8.37. The van der Waals surface area contributed by atoms with Gasteiger partial charge < -0.3 is 15.7 Å². The second-order valence-electron chi connectivity index (χ2n) is 7.93. The Morgan fingerprint density at radius 3 is 2.39 bits per heavy atom. The minimum Gasteiger partial charge on any atom is -0.507 e. The maximum Gasteiger partial charge on any atom is 0.251 e. The van der Waals surface area contributed by atoms with E-state index in [1.54, 1.807) is 48.8 Å². The SMILES string of the molecule is O=C(C[C@@H]1CNC[C@H]1NC(=O)c1ccncc1)c1ccc(C(=O)c2cc(Cl)ccc2O)cc1. The molecule has 7 nitrogen and oxygen atoms in total. The summed E-state index contributed by atoms with van der Waals surface area (Å²) in [6.45, 7) is 1.21. The molecule has 2 atom stereocenters. The predicted octanol–water partition coefficient (Wildman–Crippen LogP) is 3.26. The fourth-order valence-electron chi connectivity index (χ4n) is 3.88. The molecule has 168 valence electrons. The highest BCUT2D eigenvalue weighted by atomic mass is 35.5. The van der Waals surface area contributed by atoms with Gasteiger partial charge in [-0.2, -0.15) is 0 Å². The number of aromatic nitrogens is 1. The molecule has 0 aliphatic carbocycles. The Morgan fingerprint density at radius 2 is 1.67 bits per heavy atom. The molecule has 2 aromatic carbocycles. The molecule has 1 aliphatic rings. The van der Waals surface area contributed by atoms with Gasteiger partial charge in [-0.3, -0.25) is 19.4 Å². The number of hydrogen-bond acceptors (Lipinski definition) is 6. The number of carbonyl (C=O) groups excluding carboxylic acids is 3. The number of amides is 1. The number of carbonyl (C=O) groups is 3. The lowest BCUT2D eigenvalue weighted by atomic mass is 9.93. The van der Waals surface area contributed by atoms with Crippen molar-refractivity contribution in [3.05, 3.63) is 94.3 Å². The van der Waals surface area contributed by atoms with Gasteiger partial charge in [0.05, 0.1) is 5.56 Å². The van der Waals surface area contributed by atoms with Gasteiger partial charge in [-0.05, 0) is 30.3 Å². The number of pyridine rings is 1. The monoisotopic (exact) mass is 463 g/mol. The lowest BCUT2D eigenvalue weighted by Crippen LogP contribution is -2.41. The standard InChI is InChI=1S/C25H22ClN3O4/c26-19-5-6-22(30)20(12-19)24(32)16-3-1-15(2-4-16)23(31)11-18-13-28-14-21(18)29-25(33)17-7-9-27-10-8-17/h1-10,12,18,21,28,30H,11,13-14H2,(H,29,33)/t18-,21-/m1/s1. The Hall–Kier alpha value is -3.55. The Bertz CT molecular complexity index is 1180. The largest absolute Gasteiger partial charge is 0.507 e. The molecule has 33 heavy (non-hydrogen) atoms. The Balaban J connectivity index is 1.40. The summed E-state index contributed by atoms with van der Waals surface area (Å²) in [6, 6.07) is 13.7. The number of aromatic hydroxyl groups is 1. The molecule has 4 rings (SSSR count). The molecule has 1 fully saturated rings. The van der Waals surface area contributed by atoms with E-state index in [0.717, 1.165) is 0 Å². The molecule has 0 spiro atoms. The maximum absolute atomic E-state index is 12.9. The first-order valence-electron chi connectivity index (χ1n) is 10.5. The van der Waals surface area contributed by atoms with Gasteiger partial charge in [0, 0.05) is 65.6 Å². The highest BCUT2D eigenvalue weighted by Crippen LogP contribution is 2.25.